The fraction of sp³-hybridized carbons (Fsp3) is 0.737. The van der Waals surface area contributed by atoms with Crippen LogP contribution < -0.4 is 5.32 Å². The van der Waals surface area contributed by atoms with Gasteiger partial charge in [0.1, 0.15) is 0 Å². The Morgan fingerprint density at radius 2 is 2.16 bits per heavy atom. The maximum Gasteiger partial charge on any atom is 0.223 e. The molecular weight excluding hydrogens is 334 g/mol. The standard InChI is InChI=1S/C19H31N3O2S/c1-5-16(23)20-9-8-15-13-25-18(21-15)14-7-6-10-22(12-14)17(24)11-19(2,3)4/h13-14H,5-12H2,1-4H3,(H,20,23). The van der Waals surface area contributed by atoms with Gasteiger partial charge >= 0.3 is 0 Å². The number of nitrogens with zero attached hydrogens (tertiary/aromatic N) is 2. The van der Waals surface area contributed by atoms with Gasteiger partial charge < -0.3 is 10.2 Å². The van der Waals surface area contributed by atoms with Gasteiger partial charge in [-0.15, -0.1) is 11.3 Å². The minimum absolute atomic E-state index is 0.0291. The molecule has 1 saturated heterocycles. The van der Waals surface area contributed by atoms with E-state index in [4.69, 9.17) is 4.98 Å². The van der Waals surface area contributed by atoms with Crippen LogP contribution in [0.1, 0.15) is 70.0 Å². The zero-order valence-corrected chi connectivity index (χ0v) is 16.7. The van der Waals surface area contributed by atoms with Crippen LogP contribution in [0.15, 0.2) is 5.38 Å². The van der Waals surface area contributed by atoms with Gasteiger partial charge in [0.2, 0.25) is 11.8 Å². The first-order valence-corrected chi connectivity index (χ1v) is 10.1. The average molecular weight is 366 g/mol. The molecule has 1 aromatic heterocycles. The largest absolute Gasteiger partial charge is 0.356 e. The van der Waals surface area contributed by atoms with Crippen molar-refractivity contribution in [3.8, 4) is 0 Å². The highest BCUT2D eigenvalue weighted by Crippen LogP contribution is 2.30. The lowest BCUT2D eigenvalue weighted by Crippen LogP contribution is -2.40. The molecule has 6 heteroatoms. The molecule has 1 aromatic rings. The maximum atomic E-state index is 12.5. The number of aromatic nitrogens is 1. The highest BCUT2D eigenvalue weighted by molar-refractivity contribution is 7.09. The van der Waals surface area contributed by atoms with Gasteiger partial charge in [0.25, 0.3) is 0 Å². The Kier molecular flexibility index (Phi) is 6.99. The van der Waals surface area contributed by atoms with Crippen molar-refractivity contribution in [3.05, 3.63) is 16.1 Å². The number of hydrogen-bond acceptors (Lipinski definition) is 4. The number of piperidine rings is 1. The van der Waals surface area contributed by atoms with Crippen LogP contribution in [-0.2, 0) is 16.0 Å². The topological polar surface area (TPSA) is 62.3 Å². The van der Waals surface area contributed by atoms with Crippen molar-refractivity contribution in [2.24, 2.45) is 5.41 Å². The molecule has 140 valence electrons. The van der Waals surface area contributed by atoms with E-state index in [9.17, 15) is 9.59 Å². The van der Waals surface area contributed by atoms with Crippen molar-refractivity contribution in [1.29, 1.82) is 0 Å². The Balaban J connectivity index is 1.88. The third-order valence-corrected chi connectivity index (χ3v) is 5.45. The molecule has 2 amide bonds. The minimum Gasteiger partial charge on any atom is -0.356 e. The lowest BCUT2D eigenvalue weighted by molar-refractivity contribution is -0.134. The fourth-order valence-electron chi connectivity index (χ4n) is 3.05. The number of amides is 2. The molecule has 2 heterocycles. The Labute approximate surface area is 155 Å². The van der Waals surface area contributed by atoms with E-state index in [1.807, 2.05) is 11.8 Å². The highest BCUT2D eigenvalue weighted by Gasteiger charge is 2.28. The van der Waals surface area contributed by atoms with Gasteiger partial charge in [-0.3, -0.25) is 9.59 Å². The van der Waals surface area contributed by atoms with Crippen molar-refractivity contribution < 1.29 is 9.59 Å². The Morgan fingerprint density at radius 3 is 2.84 bits per heavy atom. The molecule has 0 radical (unpaired) electrons. The van der Waals surface area contributed by atoms with Gasteiger partial charge in [0.05, 0.1) is 10.7 Å². The van der Waals surface area contributed by atoms with Crippen molar-refractivity contribution in [2.45, 2.75) is 65.7 Å². The van der Waals surface area contributed by atoms with Crippen LogP contribution in [-0.4, -0.2) is 41.3 Å². The molecule has 0 bridgehead atoms. The number of nitrogens with one attached hydrogen (secondary N) is 1. The minimum atomic E-state index is 0.0291. The average Bonchev–Trinajstić information content (AvgIpc) is 3.02. The van der Waals surface area contributed by atoms with E-state index < -0.39 is 0 Å². The van der Waals surface area contributed by atoms with Crippen molar-refractivity contribution in [1.82, 2.24) is 15.2 Å². The first-order valence-electron chi connectivity index (χ1n) is 9.27. The van der Waals surface area contributed by atoms with Gasteiger partial charge in [0.15, 0.2) is 0 Å². The van der Waals surface area contributed by atoms with Gasteiger partial charge in [-0.2, -0.15) is 0 Å². The molecule has 2 rings (SSSR count). The lowest BCUT2D eigenvalue weighted by atomic mass is 9.90. The molecule has 1 aliphatic rings. The van der Waals surface area contributed by atoms with Crippen molar-refractivity contribution in [3.63, 3.8) is 0 Å². The van der Waals surface area contributed by atoms with E-state index in [1.165, 1.54) is 0 Å². The van der Waals surface area contributed by atoms with Crippen LogP contribution in [0.25, 0.3) is 0 Å². The summed E-state index contributed by atoms with van der Waals surface area (Å²) in [6.07, 6.45) is 4.02. The fourth-order valence-corrected chi connectivity index (χ4v) is 4.03. The molecular formula is C19H31N3O2S. The van der Waals surface area contributed by atoms with E-state index in [0.717, 1.165) is 43.1 Å². The number of likely N-dealkylation sites (tertiary alicyclic amines) is 1. The van der Waals surface area contributed by atoms with Gasteiger partial charge in [-0.05, 0) is 18.3 Å². The normalized spacial score (nSPS) is 18.2. The highest BCUT2D eigenvalue weighted by atomic mass is 32.1. The Hall–Kier alpha value is -1.43. The SMILES string of the molecule is CCC(=O)NCCc1csc(C2CCCN(C(=O)CC(C)(C)C)C2)n1. The number of carbonyl (C=O) groups is 2. The van der Waals surface area contributed by atoms with Crippen molar-refractivity contribution in [2.75, 3.05) is 19.6 Å². The second-order valence-corrected chi connectivity index (χ2v) is 8.94. The van der Waals surface area contributed by atoms with Crippen molar-refractivity contribution >= 4 is 23.2 Å². The van der Waals surface area contributed by atoms with E-state index in [0.29, 0.717) is 25.3 Å². The molecule has 0 aromatic carbocycles. The molecule has 0 spiro atoms. The molecule has 1 N–H and O–H groups in total. The van der Waals surface area contributed by atoms with Crippen LogP contribution in [0.2, 0.25) is 0 Å². The monoisotopic (exact) mass is 365 g/mol. The van der Waals surface area contributed by atoms with E-state index in [1.54, 1.807) is 11.3 Å². The number of thiazole rings is 1. The number of carbonyl (C=O) groups excluding carboxylic acids is 2. The summed E-state index contributed by atoms with van der Waals surface area (Å²) < 4.78 is 0. The van der Waals surface area contributed by atoms with Crippen LogP contribution in [0.5, 0.6) is 0 Å². The zero-order chi connectivity index (χ0) is 18.4. The number of rotatable bonds is 6. The van der Waals surface area contributed by atoms with Gasteiger partial charge in [-0.25, -0.2) is 4.98 Å². The van der Waals surface area contributed by atoms with E-state index >= 15 is 0 Å². The molecule has 1 aliphatic heterocycles. The van der Waals surface area contributed by atoms with Crippen LogP contribution in [0.3, 0.4) is 0 Å². The Bertz CT molecular complexity index is 592. The first kappa shape index (κ1) is 19.9. The molecule has 1 unspecified atom stereocenters. The first-order chi connectivity index (χ1) is 11.8. The summed E-state index contributed by atoms with van der Waals surface area (Å²) in [5.74, 6) is 0.689. The van der Waals surface area contributed by atoms with Crippen LogP contribution >= 0.6 is 11.3 Å². The predicted molar refractivity (Wildman–Crippen MR) is 102 cm³/mol. The third-order valence-electron chi connectivity index (χ3n) is 4.40. The smallest absolute Gasteiger partial charge is 0.223 e. The summed E-state index contributed by atoms with van der Waals surface area (Å²) in [6, 6.07) is 0. The van der Waals surface area contributed by atoms with Gasteiger partial charge in [-0.1, -0.05) is 27.7 Å². The van der Waals surface area contributed by atoms with Crippen LogP contribution in [0.4, 0.5) is 0 Å². The molecule has 0 aliphatic carbocycles. The van der Waals surface area contributed by atoms with E-state index in [-0.39, 0.29) is 17.2 Å². The summed E-state index contributed by atoms with van der Waals surface area (Å²) in [4.78, 5) is 30.6. The summed E-state index contributed by atoms with van der Waals surface area (Å²) >= 11 is 1.69. The Morgan fingerprint density at radius 1 is 1.40 bits per heavy atom. The molecule has 1 fully saturated rings. The third kappa shape index (κ3) is 6.42. The van der Waals surface area contributed by atoms with Crippen LogP contribution in [0, 0.1) is 5.41 Å². The number of hydrogen-bond donors (Lipinski definition) is 1. The second kappa shape index (κ2) is 8.79. The van der Waals surface area contributed by atoms with E-state index in [2.05, 4.69) is 31.5 Å². The molecule has 25 heavy (non-hydrogen) atoms. The molecule has 5 nitrogen and oxygen atoms in total. The van der Waals surface area contributed by atoms with Gasteiger partial charge in [0, 0.05) is 50.2 Å². The maximum absolute atomic E-state index is 12.5. The summed E-state index contributed by atoms with van der Waals surface area (Å²) in [7, 11) is 0. The molecule has 1 atom stereocenters. The lowest BCUT2D eigenvalue weighted by Gasteiger charge is -2.33. The molecule has 0 saturated carbocycles. The summed E-state index contributed by atoms with van der Waals surface area (Å²) in [6.45, 7) is 10.5. The second-order valence-electron chi connectivity index (χ2n) is 8.05. The zero-order valence-electron chi connectivity index (χ0n) is 15.9. The summed E-state index contributed by atoms with van der Waals surface area (Å²) in [5, 5.41) is 6.10. The summed E-state index contributed by atoms with van der Waals surface area (Å²) in [5.41, 5.74) is 1.07. The quantitative estimate of drug-likeness (QED) is 0.841. The predicted octanol–water partition coefficient (Wildman–Crippen LogP) is 3.35.